The third-order valence-electron chi connectivity index (χ3n) is 2.91. The Kier molecular flexibility index (Phi) is 4.77. The standard InChI is InChI=1S/C16H18N2O3/c1-3-8-18-11-14(10-17-18)21-15-6-4-13(9-12(15)2)5-7-16(19)20/h4-7,9-11H,3,8H2,1-2H3,(H,19,20)/b7-5+. The zero-order chi connectivity index (χ0) is 15.2. The van der Waals surface area contributed by atoms with E-state index in [1.807, 2.05) is 36.0 Å². The molecule has 1 aromatic carbocycles. The molecular weight excluding hydrogens is 268 g/mol. The highest BCUT2D eigenvalue weighted by molar-refractivity contribution is 5.85. The number of rotatable bonds is 6. The maximum absolute atomic E-state index is 10.5. The molecule has 0 aliphatic carbocycles. The molecule has 2 rings (SSSR count). The van der Waals surface area contributed by atoms with Gasteiger partial charge in [-0.15, -0.1) is 0 Å². The van der Waals surface area contributed by atoms with Crippen LogP contribution in [0.4, 0.5) is 0 Å². The molecule has 0 amide bonds. The van der Waals surface area contributed by atoms with E-state index in [-0.39, 0.29) is 0 Å². The van der Waals surface area contributed by atoms with E-state index in [2.05, 4.69) is 12.0 Å². The fraction of sp³-hybridized carbons (Fsp3) is 0.250. The second kappa shape index (κ2) is 6.74. The minimum Gasteiger partial charge on any atom is -0.478 e. The number of ether oxygens (including phenoxy) is 1. The number of aromatic nitrogens is 2. The van der Waals surface area contributed by atoms with Crippen LogP contribution in [0.5, 0.6) is 11.5 Å². The van der Waals surface area contributed by atoms with Crippen molar-refractivity contribution in [3.05, 3.63) is 47.8 Å². The fourth-order valence-electron chi connectivity index (χ4n) is 1.93. The second-order valence-electron chi connectivity index (χ2n) is 4.74. The van der Waals surface area contributed by atoms with Crippen LogP contribution in [0.25, 0.3) is 6.08 Å². The first-order chi connectivity index (χ1) is 10.1. The van der Waals surface area contributed by atoms with Crippen molar-refractivity contribution in [3.63, 3.8) is 0 Å². The summed E-state index contributed by atoms with van der Waals surface area (Å²) >= 11 is 0. The Hall–Kier alpha value is -2.56. The van der Waals surface area contributed by atoms with Crippen molar-refractivity contribution >= 4 is 12.0 Å². The minimum atomic E-state index is -0.962. The molecule has 0 radical (unpaired) electrons. The van der Waals surface area contributed by atoms with E-state index in [0.717, 1.165) is 35.9 Å². The number of carbonyl (C=O) groups is 1. The summed E-state index contributed by atoms with van der Waals surface area (Å²) in [5.41, 5.74) is 1.76. The van der Waals surface area contributed by atoms with Gasteiger partial charge >= 0.3 is 5.97 Å². The van der Waals surface area contributed by atoms with Crippen LogP contribution in [-0.4, -0.2) is 20.9 Å². The van der Waals surface area contributed by atoms with Crippen LogP contribution in [-0.2, 0) is 11.3 Å². The molecule has 0 saturated heterocycles. The van der Waals surface area contributed by atoms with Crippen molar-refractivity contribution in [1.29, 1.82) is 0 Å². The van der Waals surface area contributed by atoms with Gasteiger partial charge in [-0.25, -0.2) is 4.79 Å². The van der Waals surface area contributed by atoms with E-state index in [9.17, 15) is 4.79 Å². The smallest absolute Gasteiger partial charge is 0.328 e. The molecule has 0 unspecified atom stereocenters. The van der Waals surface area contributed by atoms with Gasteiger partial charge in [-0.1, -0.05) is 13.0 Å². The van der Waals surface area contributed by atoms with E-state index in [1.54, 1.807) is 12.3 Å². The summed E-state index contributed by atoms with van der Waals surface area (Å²) in [4.78, 5) is 10.5. The summed E-state index contributed by atoms with van der Waals surface area (Å²) in [6, 6.07) is 5.53. The third-order valence-corrected chi connectivity index (χ3v) is 2.91. The zero-order valence-corrected chi connectivity index (χ0v) is 12.1. The van der Waals surface area contributed by atoms with Crippen molar-refractivity contribution in [3.8, 4) is 11.5 Å². The highest BCUT2D eigenvalue weighted by Crippen LogP contribution is 2.25. The summed E-state index contributed by atoms with van der Waals surface area (Å²) in [6.07, 6.45) is 7.24. The Morgan fingerprint density at radius 2 is 2.29 bits per heavy atom. The molecular formula is C16H18N2O3. The summed E-state index contributed by atoms with van der Waals surface area (Å²) < 4.78 is 7.63. The Morgan fingerprint density at radius 1 is 1.48 bits per heavy atom. The van der Waals surface area contributed by atoms with Crippen LogP contribution in [0.1, 0.15) is 24.5 Å². The lowest BCUT2D eigenvalue weighted by Gasteiger charge is -2.07. The average Bonchev–Trinajstić information content (AvgIpc) is 2.87. The first kappa shape index (κ1) is 14.8. The molecule has 1 aromatic heterocycles. The van der Waals surface area contributed by atoms with Gasteiger partial charge in [-0.3, -0.25) is 4.68 Å². The number of nitrogens with zero attached hydrogens (tertiary/aromatic N) is 2. The summed E-state index contributed by atoms with van der Waals surface area (Å²) in [7, 11) is 0. The number of hydrogen-bond acceptors (Lipinski definition) is 3. The molecule has 1 heterocycles. The molecule has 5 nitrogen and oxygen atoms in total. The van der Waals surface area contributed by atoms with Crippen LogP contribution < -0.4 is 4.74 Å². The molecule has 1 N–H and O–H groups in total. The lowest BCUT2D eigenvalue weighted by molar-refractivity contribution is -0.131. The van der Waals surface area contributed by atoms with Crippen molar-refractivity contribution in [1.82, 2.24) is 9.78 Å². The molecule has 0 atom stereocenters. The Labute approximate surface area is 123 Å². The number of benzene rings is 1. The SMILES string of the molecule is CCCn1cc(Oc2ccc(/C=C/C(=O)O)cc2C)cn1. The lowest BCUT2D eigenvalue weighted by Crippen LogP contribution is -1.95. The number of aliphatic carboxylic acids is 1. The van der Waals surface area contributed by atoms with Crippen molar-refractivity contribution in [2.24, 2.45) is 0 Å². The Bertz CT molecular complexity index is 659. The molecule has 0 saturated carbocycles. The molecule has 0 spiro atoms. The first-order valence-corrected chi connectivity index (χ1v) is 6.80. The monoisotopic (exact) mass is 286 g/mol. The highest BCUT2D eigenvalue weighted by atomic mass is 16.5. The second-order valence-corrected chi connectivity index (χ2v) is 4.74. The van der Waals surface area contributed by atoms with Gasteiger partial charge in [-0.05, 0) is 42.7 Å². The van der Waals surface area contributed by atoms with Crippen LogP contribution in [0.2, 0.25) is 0 Å². The van der Waals surface area contributed by atoms with Gasteiger partial charge in [-0.2, -0.15) is 5.10 Å². The van der Waals surface area contributed by atoms with Gasteiger partial charge < -0.3 is 9.84 Å². The van der Waals surface area contributed by atoms with Crippen LogP contribution >= 0.6 is 0 Å². The average molecular weight is 286 g/mol. The number of hydrogen-bond donors (Lipinski definition) is 1. The van der Waals surface area contributed by atoms with Gasteiger partial charge in [0.25, 0.3) is 0 Å². The third kappa shape index (κ3) is 4.21. The number of aryl methyl sites for hydroxylation is 2. The van der Waals surface area contributed by atoms with E-state index >= 15 is 0 Å². The predicted molar refractivity (Wildman–Crippen MR) is 80.4 cm³/mol. The number of carboxylic acids is 1. The summed E-state index contributed by atoms with van der Waals surface area (Å²) in [5, 5.41) is 12.8. The van der Waals surface area contributed by atoms with E-state index in [1.165, 1.54) is 0 Å². The van der Waals surface area contributed by atoms with Gasteiger partial charge in [0, 0.05) is 12.6 Å². The van der Waals surface area contributed by atoms with Crippen molar-refractivity contribution < 1.29 is 14.6 Å². The molecule has 0 bridgehead atoms. The largest absolute Gasteiger partial charge is 0.478 e. The van der Waals surface area contributed by atoms with E-state index in [4.69, 9.17) is 9.84 Å². The fourth-order valence-corrected chi connectivity index (χ4v) is 1.93. The van der Waals surface area contributed by atoms with Crippen LogP contribution in [0, 0.1) is 6.92 Å². The predicted octanol–water partition coefficient (Wildman–Crippen LogP) is 3.49. The normalized spacial score (nSPS) is 11.0. The molecule has 110 valence electrons. The molecule has 0 fully saturated rings. The Balaban J connectivity index is 2.11. The first-order valence-electron chi connectivity index (χ1n) is 6.80. The van der Waals surface area contributed by atoms with E-state index in [0.29, 0.717) is 5.75 Å². The molecule has 5 heteroatoms. The lowest BCUT2D eigenvalue weighted by atomic mass is 10.1. The zero-order valence-electron chi connectivity index (χ0n) is 12.1. The van der Waals surface area contributed by atoms with Gasteiger partial charge in [0.2, 0.25) is 0 Å². The van der Waals surface area contributed by atoms with Crippen LogP contribution in [0.15, 0.2) is 36.7 Å². The van der Waals surface area contributed by atoms with Gasteiger partial charge in [0.15, 0.2) is 5.75 Å². The topological polar surface area (TPSA) is 64.3 Å². The van der Waals surface area contributed by atoms with Gasteiger partial charge in [0.05, 0.1) is 12.4 Å². The molecule has 0 aliphatic rings. The molecule has 0 aliphatic heterocycles. The maximum atomic E-state index is 10.5. The molecule has 21 heavy (non-hydrogen) atoms. The van der Waals surface area contributed by atoms with Crippen molar-refractivity contribution in [2.45, 2.75) is 26.8 Å². The molecule has 2 aromatic rings. The quantitative estimate of drug-likeness (QED) is 0.825. The minimum absolute atomic E-state index is 0.695. The van der Waals surface area contributed by atoms with Crippen LogP contribution in [0.3, 0.4) is 0 Å². The number of carboxylic acid groups (broad SMARTS) is 1. The van der Waals surface area contributed by atoms with Crippen molar-refractivity contribution in [2.75, 3.05) is 0 Å². The summed E-state index contributed by atoms with van der Waals surface area (Å²) in [6.45, 7) is 4.88. The summed E-state index contributed by atoms with van der Waals surface area (Å²) in [5.74, 6) is 0.468. The van der Waals surface area contributed by atoms with Gasteiger partial charge in [0.1, 0.15) is 5.75 Å². The maximum Gasteiger partial charge on any atom is 0.328 e. The highest BCUT2D eigenvalue weighted by Gasteiger charge is 2.04. The Morgan fingerprint density at radius 3 is 2.95 bits per heavy atom. The van der Waals surface area contributed by atoms with E-state index < -0.39 is 5.97 Å².